The number of thioether (sulfide) groups is 1. The van der Waals surface area contributed by atoms with E-state index in [1.165, 1.54) is 11.8 Å². The van der Waals surface area contributed by atoms with Crippen LogP contribution in [0.5, 0.6) is 5.75 Å². The number of carbonyl (C=O) groups excluding carboxylic acids is 1. The quantitative estimate of drug-likeness (QED) is 0.726. The highest BCUT2D eigenvalue weighted by Crippen LogP contribution is 2.41. The van der Waals surface area contributed by atoms with E-state index in [4.69, 9.17) is 16.3 Å². The lowest BCUT2D eigenvalue weighted by Gasteiger charge is -2.19. The highest BCUT2D eigenvalue weighted by atomic mass is 35.5. The first-order valence-electron chi connectivity index (χ1n) is 7.98. The van der Waals surface area contributed by atoms with Crippen LogP contribution >= 0.6 is 23.4 Å². The van der Waals surface area contributed by atoms with Gasteiger partial charge in [-0.25, -0.2) is 0 Å². The summed E-state index contributed by atoms with van der Waals surface area (Å²) in [4.78, 5) is 13.3. The fraction of sp³-hybridized carbons (Fsp3) is 0.316. The van der Waals surface area contributed by atoms with Gasteiger partial charge in [-0.15, -0.1) is 11.8 Å². The molecular weight excluding hydrogens is 342 g/mol. The minimum atomic E-state index is 0.0348. The highest BCUT2D eigenvalue weighted by Gasteiger charge is 2.33. The number of rotatable bonds is 7. The molecule has 3 nitrogen and oxygen atoms in total. The van der Waals surface area contributed by atoms with Gasteiger partial charge in [-0.1, -0.05) is 35.9 Å². The van der Waals surface area contributed by atoms with Gasteiger partial charge < -0.3 is 10.1 Å². The Bertz CT molecular complexity index is 701. The van der Waals surface area contributed by atoms with Crippen LogP contribution < -0.4 is 10.1 Å². The number of carbonyl (C=O) groups is 1. The molecule has 0 aromatic heterocycles. The lowest BCUT2D eigenvalue weighted by Crippen LogP contribution is -2.31. The van der Waals surface area contributed by atoms with Crippen molar-refractivity contribution < 1.29 is 9.53 Å². The summed E-state index contributed by atoms with van der Waals surface area (Å²) >= 11 is 7.60. The number of hydrogen-bond donors (Lipinski definition) is 1. The predicted octanol–water partition coefficient (Wildman–Crippen LogP) is 4.71. The molecule has 0 aliphatic heterocycles. The Morgan fingerprint density at radius 1 is 1.25 bits per heavy atom. The van der Waals surface area contributed by atoms with E-state index in [0.29, 0.717) is 16.7 Å². The molecule has 5 heteroatoms. The van der Waals surface area contributed by atoms with E-state index in [9.17, 15) is 4.79 Å². The highest BCUT2D eigenvalue weighted by molar-refractivity contribution is 8.00. The summed E-state index contributed by atoms with van der Waals surface area (Å²) in [6, 6.07) is 15.6. The van der Waals surface area contributed by atoms with Crippen molar-refractivity contribution in [3.05, 3.63) is 59.1 Å². The van der Waals surface area contributed by atoms with Crippen LogP contribution in [0.1, 0.15) is 24.4 Å². The van der Waals surface area contributed by atoms with E-state index in [-0.39, 0.29) is 11.9 Å². The lowest BCUT2D eigenvalue weighted by molar-refractivity contribution is -0.119. The number of ether oxygens (including phenoxy) is 1. The van der Waals surface area contributed by atoms with Crippen LogP contribution in [-0.2, 0) is 4.79 Å². The molecule has 126 valence electrons. The van der Waals surface area contributed by atoms with Crippen LogP contribution in [0.2, 0.25) is 5.02 Å². The molecule has 2 aromatic rings. The van der Waals surface area contributed by atoms with Gasteiger partial charge in [-0.05, 0) is 48.6 Å². The lowest BCUT2D eigenvalue weighted by atomic mass is 10.0. The first kappa shape index (κ1) is 17.2. The van der Waals surface area contributed by atoms with Gasteiger partial charge in [-0.2, -0.15) is 0 Å². The minimum Gasteiger partial charge on any atom is -0.497 e. The van der Waals surface area contributed by atoms with E-state index in [0.717, 1.165) is 29.1 Å². The number of amides is 1. The standard InChI is InChI=1S/C19H20ClNO2S/c1-23-15-10-8-14(9-11-15)19(13-6-7-13)21-18(22)12-24-17-5-3-2-4-16(17)20/h2-5,8-11,13,19H,6-7,12H2,1H3,(H,21,22). The van der Waals surface area contributed by atoms with Gasteiger partial charge in [0.25, 0.3) is 0 Å². The van der Waals surface area contributed by atoms with Gasteiger partial charge >= 0.3 is 0 Å². The summed E-state index contributed by atoms with van der Waals surface area (Å²) in [6.45, 7) is 0. The Kier molecular flexibility index (Phi) is 5.69. The van der Waals surface area contributed by atoms with Crippen molar-refractivity contribution in [2.45, 2.75) is 23.8 Å². The Balaban J connectivity index is 1.61. The Morgan fingerprint density at radius 2 is 1.96 bits per heavy atom. The van der Waals surface area contributed by atoms with Crippen LogP contribution in [0, 0.1) is 5.92 Å². The molecule has 1 unspecified atom stereocenters. The van der Waals surface area contributed by atoms with Crippen LogP contribution in [0.4, 0.5) is 0 Å². The molecule has 1 amide bonds. The van der Waals surface area contributed by atoms with Gasteiger partial charge in [-0.3, -0.25) is 4.79 Å². The summed E-state index contributed by atoms with van der Waals surface area (Å²) in [7, 11) is 1.65. The van der Waals surface area contributed by atoms with Crippen LogP contribution in [0.3, 0.4) is 0 Å². The molecule has 1 saturated carbocycles. The topological polar surface area (TPSA) is 38.3 Å². The van der Waals surface area contributed by atoms with Crippen molar-refractivity contribution in [2.24, 2.45) is 5.92 Å². The monoisotopic (exact) mass is 361 g/mol. The second kappa shape index (κ2) is 7.95. The third-order valence-corrected chi connectivity index (χ3v) is 5.60. The molecule has 0 bridgehead atoms. The van der Waals surface area contributed by atoms with Gasteiger partial charge in [0, 0.05) is 4.90 Å². The van der Waals surface area contributed by atoms with Crippen LogP contribution in [-0.4, -0.2) is 18.8 Å². The van der Waals surface area contributed by atoms with Crippen molar-refractivity contribution in [1.29, 1.82) is 0 Å². The molecule has 1 fully saturated rings. The van der Waals surface area contributed by atoms with E-state index >= 15 is 0 Å². The third kappa shape index (κ3) is 4.46. The normalized spacial score (nSPS) is 14.9. The number of methoxy groups -OCH3 is 1. The van der Waals surface area contributed by atoms with E-state index < -0.39 is 0 Å². The van der Waals surface area contributed by atoms with Gasteiger partial charge in [0.05, 0.1) is 23.9 Å². The van der Waals surface area contributed by atoms with Crippen molar-refractivity contribution in [3.8, 4) is 5.75 Å². The Hall–Kier alpha value is -1.65. The van der Waals surface area contributed by atoms with Crippen molar-refractivity contribution >= 4 is 29.3 Å². The molecule has 0 spiro atoms. The van der Waals surface area contributed by atoms with E-state index in [1.54, 1.807) is 7.11 Å². The maximum atomic E-state index is 12.4. The summed E-state index contributed by atoms with van der Waals surface area (Å²) in [5, 5.41) is 3.86. The van der Waals surface area contributed by atoms with Gasteiger partial charge in [0.15, 0.2) is 0 Å². The zero-order valence-electron chi connectivity index (χ0n) is 13.5. The summed E-state index contributed by atoms with van der Waals surface area (Å²) in [6.07, 6.45) is 2.32. The first-order chi connectivity index (χ1) is 11.7. The van der Waals surface area contributed by atoms with Crippen molar-refractivity contribution in [1.82, 2.24) is 5.32 Å². The molecule has 1 N–H and O–H groups in total. The zero-order chi connectivity index (χ0) is 16.9. The Labute approximate surface area is 151 Å². The average molecular weight is 362 g/mol. The molecular formula is C19H20ClNO2S. The first-order valence-corrected chi connectivity index (χ1v) is 9.34. The molecule has 2 aromatic carbocycles. The van der Waals surface area contributed by atoms with Gasteiger partial charge in [0.2, 0.25) is 5.91 Å². The number of benzene rings is 2. The average Bonchev–Trinajstić information content (AvgIpc) is 3.44. The van der Waals surface area contributed by atoms with E-state index in [2.05, 4.69) is 5.32 Å². The summed E-state index contributed by atoms with van der Waals surface area (Å²) in [5.74, 6) is 1.76. The third-order valence-electron chi connectivity index (χ3n) is 4.08. The smallest absolute Gasteiger partial charge is 0.230 e. The summed E-state index contributed by atoms with van der Waals surface area (Å²) in [5.41, 5.74) is 1.13. The Morgan fingerprint density at radius 3 is 2.58 bits per heavy atom. The van der Waals surface area contributed by atoms with Crippen molar-refractivity contribution in [3.63, 3.8) is 0 Å². The van der Waals surface area contributed by atoms with Gasteiger partial charge in [0.1, 0.15) is 5.75 Å². The van der Waals surface area contributed by atoms with Crippen LogP contribution in [0.15, 0.2) is 53.4 Å². The second-order valence-electron chi connectivity index (χ2n) is 5.87. The molecule has 0 heterocycles. The fourth-order valence-electron chi connectivity index (χ4n) is 2.63. The molecule has 0 radical (unpaired) electrons. The largest absolute Gasteiger partial charge is 0.497 e. The number of halogens is 1. The predicted molar refractivity (Wildman–Crippen MR) is 98.8 cm³/mol. The van der Waals surface area contributed by atoms with E-state index in [1.807, 2.05) is 48.5 Å². The SMILES string of the molecule is COc1ccc(C(NC(=O)CSc2ccccc2Cl)C2CC2)cc1. The molecule has 1 aliphatic carbocycles. The maximum absolute atomic E-state index is 12.4. The maximum Gasteiger partial charge on any atom is 0.230 e. The fourth-order valence-corrected chi connectivity index (χ4v) is 3.68. The summed E-state index contributed by atoms with van der Waals surface area (Å²) < 4.78 is 5.20. The zero-order valence-corrected chi connectivity index (χ0v) is 15.1. The van der Waals surface area contributed by atoms with Crippen molar-refractivity contribution in [2.75, 3.05) is 12.9 Å². The number of hydrogen-bond acceptors (Lipinski definition) is 3. The molecule has 1 aliphatic rings. The molecule has 24 heavy (non-hydrogen) atoms. The molecule has 3 rings (SSSR count). The molecule has 1 atom stereocenters. The number of nitrogens with one attached hydrogen (secondary N) is 1. The minimum absolute atomic E-state index is 0.0348. The molecule has 0 saturated heterocycles. The van der Waals surface area contributed by atoms with Crippen LogP contribution in [0.25, 0.3) is 0 Å². The second-order valence-corrected chi connectivity index (χ2v) is 7.30.